The van der Waals surface area contributed by atoms with Gasteiger partial charge in [0.15, 0.2) is 0 Å². The molecular formula is C28H41Cl2Si2Zr-. The standard InChI is InChI=1S/C28H41Si2.2ClH.Zr/c1-10-11-22-12-13-23-15-21(14-20(2)3)16-27(23)28(22)24-17-25(29(4,5)6)19-26(18-24)30(7,8)9;;;/h12-13,15-20H,10-11,14H2,1-9H3;2*1H;/q-1;;;+2/p-2. The van der Waals surface area contributed by atoms with Crippen molar-refractivity contribution in [3.8, 4) is 11.1 Å². The zero-order chi connectivity index (χ0) is 25.0. The predicted octanol–water partition coefficient (Wildman–Crippen LogP) is 8.84. The average molecular weight is 596 g/mol. The Morgan fingerprint density at radius 2 is 1.42 bits per heavy atom. The molecule has 0 saturated heterocycles. The number of aryl methyl sites for hydroxylation is 1. The number of hydrogen-bond acceptors (Lipinski definition) is 0. The fourth-order valence-corrected chi connectivity index (χ4v) is 6.93. The summed E-state index contributed by atoms with van der Waals surface area (Å²) < 4.78 is 0. The fourth-order valence-electron chi connectivity index (χ4n) is 4.43. The molecule has 0 N–H and O–H groups in total. The Labute approximate surface area is 223 Å². The van der Waals surface area contributed by atoms with E-state index in [0.29, 0.717) is 5.92 Å². The van der Waals surface area contributed by atoms with E-state index in [0.717, 1.165) is 12.8 Å². The van der Waals surface area contributed by atoms with E-state index in [9.17, 15) is 0 Å². The minimum absolute atomic E-state index is 0.689. The molecule has 0 fully saturated rings. The summed E-state index contributed by atoms with van der Waals surface area (Å²) in [6.45, 7) is 21.8. The van der Waals surface area contributed by atoms with Crippen LogP contribution in [0.15, 0.2) is 42.5 Å². The fraction of sp³-hybridized carbons (Fsp3) is 0.464. The van der Waals surface area contributed by atoms with Crippen molar-refractivity contribution < 1.29 is 20.8 Å². The van der Waals surface area contributed by atoms with Crippen molar-refractivity contribution in [2.75, 3.05) is 0 Å². The van der Waals surface area contributed by atoms with Gasteiger partial charge >= 0.3 is 37.9 Å². The van der Waals surface area contributed by atoms with Crippen LogP contribution in [0.1, 0.15) is 38.3 Å². The molecule has 0 bridgehead atoms. The van der Waals surface area contributed by atoms with Crippen molar-refractivity contribution in [3.05, 3.63) is 53.6 Å². The van der Waals surface area contributed by atoms with Crippen LogP contribution in [0.4, 0.5) is 0 Å². The van der Waals surface area contributed by atoms with Gasteiger partial charge in [-0.2, -0.15) is 6.07 Å². The molecule has 0 nitrogen and oxygen atoms in total. The third-order valence-electron chi connectivity index (χ3n) is 6.15. The molecule has 0 amide bonds. The third-order valence-corrected chi connectivity index (χ3v) is 10.2. The molecule has 0 aliphatic rings. The van der Waals surface area contributed by atoms with E-state index in [-0.39, 0.29) is 0 Å². The van der Waals surface area contributed by atoms with Crippen molar-refractivity contribution in [1.29, 1.82) is 0 Å². The van der Waals surface area contributed by atoms with Gasteiger partial charge < -0.3 is 0 Å². The van der Waals surface area contributed by atoms with Gasteiger partial charge in [0.2, 0.25) is 0 Å². The first-order valence-corrected chi connectivity index (χ1v) is 25.5. The number of benzene rings is 2. The monoisotopic (exact) mass is 593 g/mol. The zero-order valence-corrected chi connectivity index (χ0v) is 28.0. The molecule has 3 rings (SSSR count). The quantitative estimate of drug-likeness (QED) is 0.189. The van der Waals surface area contributed by atoms with E-state index in [1.54, 1.807) is 10.4 Å². The van der Waals surface area contributed by atoms with E-state index in [2.05, 4.69) is 103 Å². The van der Waals surface area contributed by atoms with E-state index < -0.39 is 37.0 Å². The molecule has 5 heteroatoms. The van der Waals surface area contributed by atoms with Gasteiger partial charge in [0.1, 0.15) is 0 Å². The van der Waals surface area contributed by atoms with Crippen LogP contribution in [0, 0.1) is 5.92 Å². The Balaban J connectivity index is 0.00000122. The number of fused-ring (bicyclic) bond motifs is 1. The number of halogens is 2. The maximum absolute atomic E-state index is 4.93. The van der Waals surface area contributed by atoms with Crippen molar-refractivity contribution in [1.82, 2.24) is 0 Å². The van der Waals surface area contributed by atoms with Crippen molar-refractivity contribution in [2.24, 2.45) is 5.92 Å². The molecular weight excluding hydrogens is 555 g/mol. The molecule has 0 heterocycles. The molecule has 3 aromatic carbocycles. The summed E-state index contributed by atoms with van der Waals surface area (Å²) in [5.41, 5.74) is 5.97. The van der Waals surface area contributed by atoms with Crippen LogP contribution in [0.2, 0.25) is 39.3 Å². The topological polar surface area (TPSA) is 0 Å². The van der Waals surface area contributed by atoms with Crippen LogP contribution in [-0.4, -0.2) is 16.1 Å². The van der Waals surface area contributed by atoms with Gasteiger partial charge in [-0.1, -0.05) is 106 Å². The van der Waals surface area contributed by atoms with Gasteiger partial charge in [0.05, 0.1) is 16.1 Å². The van der Waals surface area contributed by atoms with E-state index in [4.69, 9.17) is 17.0 Å². The molecule has 3 aromatic rings. The van der Waals surface area contributed by atoms with E-state index in [1.807, 2.05) is 0 Å². The predicted molar refractivity (Wildman–Crippen MR) is 155 cm³/mol. The van der Waals surface area contributed by atoms with Crippen LogP contribution in [0.25, 0.3) is 21.9 Å². The molecule has 33 heavy (non-hydrogen) atoms. The molecule has 0 saturated carbocycles. The normalized spacial score (nSPS) is 12.1. The van der Waals surface area contributed by atoms with Crippen molar-refractivity contribution in [2.45, 2.75) is 79.3 Å². The first-order chi connectivity index (χ1) is 15.3. The van der Waals surface area contributed by atoms with Gasteiger partial charge in [-0.25, -0.2) is 0 Å². The van der Waals surface area contributed by atoms with Crippen LogP contribution < -0.4 is 10.4 Å². The SMILES string of the molecule is CCCc1ccc2[cH-]c(CC(C)C)cc2c1-c1cc([Si](C)(C)C)cc([Si](C)(C)C)c1.[Cl][Zr][Cl]. The zero-order valence-electron chi connectivity index (χ0n) is 22.0. The summed E-state index contributed by atoms with van der Waals surface area (Å²) in [6.07, 6.45) is 3.49. The Hall–Kier alpha value is -0.0531. The summed E-state index contributed by atoms with van der Waals surface area (Å²) in [6, 6.07) is 17.3. The second kappa shape index (κ2) is 12.3. The van der Waals surface area contributed by atoms with Crippen LogP contribution in [0.5, 0.6) is 0 Å². The molecule has 0 aliphatic carbocycles. The van der Waals surface area contributed by atoms with E-state index in [1.165, 1.54) is 39.4 Å². The van der Waals surface area contributed by atoms with Gasteiger partial charge in [0.25, 0.3) is 0 Å². The first-order valence-electron chi connectivity index (χ1n) is 12.2. The van der Waals surface area contributed by atoms with Crippen LogP contribution in [0.3, 0.4) is 0 Å². The van der Waals surface area contributed by atoms with Gasteiger partial charge in [-0.15, -0.1) is 34.5 Å². The summed E-state index contributed by atoms with van der Waals surface area (Å²) in [5.74, 6) is 0.689. The summed E-state index contributed by atoms with van der Waals surface area (Å²) in [5, 5.41) is 6.08. The summed E-state index contributed by atoms with van der Waals surface area (Å²) >= 11 is -0.826. The van der Waals surface area contributed by atoms with Crippen LogP contribution in [-0.2, 0) is 33.7 Å². The maximum atomic E-state index is 4.93. The molecule has 0 aliphatic heterocycles. The Bertz CT molecular complexity index is 1020. The molecule has 0 aromatic heterocycles. The molecule has 0 atom stereocenters. The Kier molecular flexibility index (Phi) is 10.8. The second-order valence-electron chi connectivity index (χ2n) is 11.7. The van der Waals surface area contributed by atoms with Crippen LogP contribution >= 0.6 is 17.0 Å². The van der Waals surface area contributed by atoms with Gasteiger partial charge in [0, 0.05) is 0 Å². The first kappa shape index (κ1) is 29.2. The van der Waals surface area contributed by atoms with Gasteiger partial charge in [-0.05, 0) is 24.3 Å². The molecule has 0 unspecified atom stereocenters. The third kappa shape index (κ3) is 7.97. The molecule has 0 spiro atoms. The summed E-state index contributed by atoms with van der Waals surface area (Å²) in [7, 11) is 7.06. The summed E-state index contributed by atoms with van der Waals surface area (Å²) in [4.78, 5) is 0. The number of rotatable bonds is 7. The van der Waals surface area contributed by atoms with Gasteiger partial charge in [-0.3, -0.25) is 0 Å². The molecule has 180 valence electrons. The molecule has 0 radical (unpaired) electrons. The van der Waals surface area contributed by atoms with Crippen molar-refractivity contribution in [3.63, 3.8) is 0 Å². The van der Waals surface area contributed by atoms with Crippen molar-refractivity contribution >= 4 is 54.3 Å². The average Bonchev–Trinajstić information content (AvgIpc) is 3.08. The Morgan fingerprint density at radius 1 is 0.879 bits per heavy atom. The minimum atomic E-state index is -1.41. The van der Waals surface area contributed by atoms with E-state index >= 15 is 0 Å². The second-order valence-corrected chi connectivity index (χ2v) is 25.6. The Morgan fingerprint density at radius 3 is 1.88 bits per heavy atom. The number of hydrogen-bond donors (Lipinski definition) is 0.